The number of hydrogen-bond donors (Lipinski definition) is 2. The van der Waals surface area contributed by atoms with E-state index in [9.17, 15) is 22.5 Å². The van der Waals surface area contributed by atoms with Crippen molar-refractivity contribution >= 4 is 40.9 Å². The Morgan fingerprint density at radius 2 is 1.93 bits per heavy atom. The minimum atomic E-state index is -3.75. The van der Waals surface area contributed by atoms with Crippen molar-refractivity contribution in [3.8, 4) is 0 Å². The molecule has 1 amide bonds. The number of aliphatic hydroxyl groups is 1. The van der Waals surface area contributed by atoms with Crippen LogP contribution in [-0.4, -0.2) is 73.0 Å². The Labute approximate surface area is 238 Å². The molecule has 1 aromatic carbocycles. The molecule has 4 heterocycles. The maximum atomic E-state index is 15.2. The number of anilines is 1. The van der Waals surface area contributed by atoms with Gasteiger partial charge in [0.15, 0.2) is 11.3 Å². The van der Waals surface area contributed by atoms with E-state index < -0.39 is 48.7 Å². The highest BCUT2D eigenvalue weighted by Gasteiger charge is 2.53. The zero-order chi connectivity index (χ0) is 30.0. The zero-order valence-electron chi connectivity index (χ0n) is 23.0. The molecule has 1 aliphatic heterocycles. The van der Waals surface area contributed by atoms with Gasteiger partial charge in [0.25, 0.3) is 11.8 Å². The lowest BCUT2D eigenvalue weighted by atomic mass is 10.0. The first-order chi connectivity index (χ1) is 19.9. The van der Waals surface area contributed by atoms with Gasteiger partial charge in [-0.1, -0.05) is 12.1 Å². The van der Waals surface area contributed by atoms with Gasteiger partial charge in [0.1, 0.15) is 36.9 Å². The van der Waals surface area contributed by atoms with Crippen molar-refractivity contribution in [1.29, 1.82) is 0 Å². The van der Waals surface area contributed by atoms with Crippen LogP contribution in [0, 0.1) is 12.7 Å². The molecule has 0 bridgehead atoms. The van der Waals surface area contributed by atoms with Crippen LogP contribution in [0.1, 0.15) is 42.8 Å². The quantitative estimate of drug-likeness (QED) is 0.239. The second-order valence-electron chi connectivity index (χ2n) is 11.0. The molecule has 1 atom stereocenters. The number of hydrogen-bond acceptors (Lipinski definition) is 7. The van der Waals surface area contributed by atoms with Crippen LogP contribution in [0.3, 0.4) is 0 Å². The van der Waals surface area contributed by atoms with Gasteiger partial charge in [-0.2, -0.15) is 8.78 Å². The second kappa shape index (κ2) is 10.0. The Balaban J connectivity index is 1.39. The second-order valence-corrected chi connectivity index (χ2v) is 14.2. The maximum absolute atomic E-state index is 15.2. The first-order valence-electron chi connectivity index (χ1n) is 13.6. The predicted molar refractivity (Wildman–Crippen MR) is 149 cm³/mol. The number of nitrogens with zero attached hydrogens (tertiary/aromatic N) is 5. The molecule has 222 valence electrons. The monoisotopic (exact) mass is 604 g/mol. The summed E-state index contributed by atoms with van der Waals surface area (Å²) < 4.78 is 74.0. The highest BCUT2D eigenvalue weighted by molar-refractivity contribution is 7.72. The molecule has 1 saturated carbocycles. The molecule has 1 aliphatic carbocycles. The number of aliphatic hydroxyl groups excluding tert-OH is 1. The average molecular weight is 605 g/mol. The summed E-state index contributed by atoms with van der Waals surface area (Å²) in [4.78, 5) is 27.5. The Morgan fingerprint density at radius 1 is 1.21 bits per heavy atom. The largest absolute Gasteiger partial charge is 0.390 e. The van der Waals surface area contributed by atoms with E-state index >= 15 is 4.39 Å². The van der Waals surface area contributed by atoms with Gasteiger partial charge in [-0.15, -0.1) is 0 Å². The molecule has 4 aromatic rings. The summed E-state index contributed by atoms with van der Waals surface area (Å²) in [6.45, 7) is 2.04. The molecule has 2 aliphatic rings. The predicted octanol–water partition coefficient (Wildman–Crippen LogP) is 4.31. The van der Waals surface area contributed by atoms with Crippen LogP contribution in [0.4, 0.5) is 23.4 Å². The highest BCUT2D eigenvalue weighted by atomic mass is 31.2. The summed E-state index contributed by atoms with van der Waals surface area (Å²) in [7, 11) is -3.10. The molecule has 2 fully saturated rings. The number of rotatable bonds is 7. The fraction of sp³-hybridized carbons (Fsp3) is 0.429. The third kappa shape index (κ3) is 4.72. The molecule has 0 spiro atoms. The number of benzene rings is 1. The van der Waals surface area contributed by atoms with Crippen molar-refractivity contribution in [2.45, 2.75) is 44.3 Å². The number of halogens is 4. The fourth-order valence-corrected chi connectivity index (χ4v) is 8.26. The van der Waals surface area contributed by atoms with E-state index in [-0.39, 0.29) is 49.6 Å². The number of aromatic nitrogens is 4. The van der Waals surface area contributed by atoms with Crippen molar-refractivity contribution in [2.24, 2.45) is 0 Å². The Kier molecular flexibility index (Phi) is 6.81. The first kappa shape index (κ1) is 28.5. The molecular weight excluding hydrogens is 575 g/mol. The summed E-state index contributed by atoms with van der Waals surface area (Å²) in [6.07, 6.45) is 3.97. The lowest BCUT2D eigenvalue weighted by Gasteiger charge is -2.33. The maximum Gasteiger partial charge on any atom is 0.298 e. The summed E-state index contributed by atoms with van der Waals surface area (Å²) >= 11 is 0. The lowest BCUT2D eigenvalue weighted by Crippen LogP contribution is -2.45. The van der Waals surface area contributed by atoms with Gasteiger partial charge in [-0.05, 0) is 38.8 Å². The van der Waals surface area contributed by atoms with E-state index in [2.05, 4.69) is 20.3 Å². The summed E-state index contributed by atoms with van der Waals surface area (Å²) in [6, 6.07) is 4.45. The molecule has 3 aromatic heterocycles. The number of aryl methyl sites for hydroxylation is 1. The van der Waals surface area contributed by atoms with E-state index in [4.69, 9.17) is 5.11 Å². The number of fused-ring (bicyclic) bond motifs is 3. The normalized spacial score (nSPS) is 18.8. The minimum absolute atomic E-state index is 0.0555. The van der Waals surface area contributed by atoms with Gasteiger partial charge < -0.3 is 19.9 Å². The van der Waals surface area contributed by atoms with Gasteiger partial charge in [0, 0.05) is 43.4 Å². The van der Waals surface area contributed by atoms with Crippen molar-refractivity contribution in [1.82, 2.24) is 24.3 Å². The van der Waals surface area contributed by atoms with E-state index in [1.54, 1.807) is 36.7 Å². The van der Waals surface area contributed by atoms with Crippen LogP contribution in [0.15, 0.2) is 36.7 Å². The number of carbonyl (C=O) groups is 1. The van der Waals surface area contributed by atoms with Crippen LogP contribution < -0.4 is 10.6 Å². The van der Waals surface area contributed by atoms with Gasteiger partial charge in [0.05, 0.1) is 22.3 Å². The van der Waals surface area contributed by atoms with Crippen LogP contribution >= 0.6 is 7.14 Å². The fourth-order valence-electron chi connectivity index (χ4n) is 5.53. The van der Waals surface area contributed by atoms with Crippen molar-refractivity contribution in [3.05, 3.63) is 59.4 Å². The zero-order valence-corrected chi connectivity index (χ0v) is 23.8. The van der Waals surface area contributed by atoms with E-state index in [0.717, 1.165) is 6.07 Å². The molecule has 42 heavy (non-hydrogen) atoms. The lowest BCUT2D eigenvalue weighted by molar-refractivity contribution is -0.137. The van der Waals surface area contributed by atoms with Crippen molar-refractivity contribution in [3.63, 3.8) is 0 Å². The molecule has 14 heteroatoms. The third-order valence-electron chi connectivity index (χ3n) is 8.12. The Morgan fingerprint density at radius 3 is 2.60 bits per heavy atom. The van der Waals surface area contributed by atoms with Crippen molar-refractivity contribution < 1.29 is 32.0 Å². The van der Waals surface area contributed by atoms with E-state index in [1.165, 1.54) is 17.0 Å². The highest BCUT2D eigenvalue weighted by Crippen LogP contribution is 2.49. The molecule has 0 radical (unpaired) electrons. The number of amides is 1. The number of alkyl halides is 3. The van der Waals surface area contributed by atoms with Gasteiger partial charge in [-0.25, -0.2) is 23.7 Å². The minimum Gasteiger partial charge on any atom is -0.390 e. The third-order valence-corrected chi connectivity index (χ3v) is 11.2. The Hall–Kier alpha value is -3.57. The van der Waals surface area contributed by atoms with Crippen LogP contribution in [0.5, 0.6) is 0 Å². The van der Waals surface area contributed by atoms with Gasteiger partial charge in [0.2, 0.25) is 0 Å². The van der Waals surface area contributed by atoms with Crippen LogP contribution in [-0.2, 0) is 15.3 Å². The van der Waals surface area contributed by atoms with Gasteiger partial charge in [-0.3, -0.25) is 9.20 Å². The summed E-state index contributed by atoms with van der Waals surface area (Å²) in [5, 5.41) is 13.1. The number of carbonyl (C=O) groups excluding carboxylic acids is 1. The average Bonchev–Trinajstić information content (AvgIpc) is 3.52. The molecule has 1 saturated heterocycles. The molecular formula is C28H29F4N6O3P. The number of imidazole rings is 1. The summed E-state index contributed by atoms with van der Waals surface area (Å²) in [5.41, 5.74) is -1.87. The SMILES string of the molecule is Cc1nc(N[C@H](C)c2cccc(C(F)(F)CO)c2F)c2cc(P3(=O)CCN(C(=O)C4(F)CC4)CC3)c3nccn3c2n1. The molecule has 0 unspecified atom stereocenters. The van der Waals surface area contributed by atoms with E-state index in [0.29, 0.717) is 27.8 Å². The van der Waals surface area contributed by atoms with Crippen molar-refractivity contribution in [2.75, 3.05) is 37.3 Å². The smallest absolute Gasteiger partial charge is 0.298 e. The number of nitrogens with one attached hydrogen (secondary N) is 1. The summed E-state index contributed by atoms with van der Waals surface area (Å²) in [5.74, 6) is -4.80. The molecule has 6 rings (SSSR count). The standard InChI is InChI=1S/C28H29F4N6O3P/c1-16(18-4-3-5-20(22(18)29)28(31,32)15-39)34-23-19-14-21(25-33-8-9-38(25)24(19)36-17(2)35-23)42(41)12-10-37(11-13-42)26(40)27(30)6-7-27/h3-5,8-9,14,16,39H,6-7,10-13,15H2,1-2H3,(H,34,35,36)/t16-/m1/s1. The van der Waals surface area contributed by atoms with Crippen LogP contribution in [0.2, 0.25) is 0 Å². The van der Waals surface area contributed by atoms with Gasteiger partial charge >= 0.3 is 0 Å². The first-order valence-corrected chi connectivity index (χ1v) is 15.7. The molecule has 9 nitrogen and oxygen atoms in total. The number of pyridine rings is 1. The van der Waals surface area contributed by atoms with E-state index in [1.807, 2.05) is 0 Å². The Bertz CT molecular complexity index is 1760. The van der Waals surface area contributed by atoms with Crippen LogP contribution in [0.25, 0.3) is 16.7 Å². The molecule has 2 N–H and O–H groups in total. The topological polar surface area (TPSA) is 113 Å².